The molecule has 1 aromatic carbocycles. The number of nitro groups is 1. The molecule has 178 valence electrons. The van der Waals surface area contributed by atoms with Crippen LogP contribution in [0.1, 0.15) is 18.2 Å². The van der Waals surface area contributed by atoms with E-state index in [0.717, 1.165) is 5.69 Å². The van der Waals surface area contributed by atoms with Crippen LogP contribution in [0.2, 0.25) is 0 Å². The summed E-state index contributed by atoms with van der Waals surface area (Å²) in [5.41, 5.74) is 1.39. The molecule has 0 saturated carbocycles. The Morgan fingerprint density at radius 1 is 1.41 bits per heavy atom. The number of amides is 1. The maximum atomic E-state index is 13.1. The summed E-state index contributed by atoms with van der Waals surface area (Å²) in [7, 11) is 0. The summed E-state index contributed by atoms with van der Waals surface area (Å²) in [5.74, 6) is -1.61. The van der Waals surface area contributed by atoms with Gasteiger partial charge in [0.1, 0.15) is 12.0 Å². The van der Waals surface area contributed by atoms with Crippen LogP contribution in [0.4, 0.5) is 5.69 Å². The first-order chi connectivity index (χ1) is 16.2. The number of ether oxygens (including phenoxy) is 1. The molecule has 2 unspecified atom stereocenters. The standard InChI is InChI=1S/C21H20N4O7S2/c1-10(26)15-18(28)24-16(20(29)32-8-11-2-4-12(5-3-11)25(30)31)21(34-19(15)24)33-13-6-14-17(27)22-9-23(14)7-13/h2-5,9-10,13,15,19,26-27H,6-8H2,1H3/t10?,13?,15-,19+/m0/s1. The monoisotopic (exact) mass is 504 g/mol. The van der Waals surface area contributed by atoms with Crippen LogP contribution >= 0.6 is 23.5 Å². The number of hydrogen-bond donors (Lipinski definition) is 2. The summed E-state index contributed by atoms with van der Waals surface area (Å²) in [4.78, 5) is 41.4. The molecule has 4 heterocycles. The van der Waals surface area contributed by atoms with Gasteiger partial charge in [-0.15, -0.1) is 11.8 Å². The third-order valence-electron chi connectivity index (χ3n) is 6.00. The van der Waals surface area contributed by atoms with E-state index in [1.807, 2.05) is 4.57 Å². The zero-order valence-electron chi connectivity index (χ0n) is 17.9. The lowest BCUT2D eigenvalue weighted by atomic mass is 9.92. The maximum absolute atomic E-state index is 13.1. The molecule has 11 nitrogen and oxygen atoms in total. The quantitative estimate of drug-likeness (QED) is 0.248. The maximum Gasteiger partial charge on any atom is 0.357 e. The molecule has 0 bridgehead atoms. The van der Waals surface area contributed by atoms with Gasteiger partial charge in [0.15, 0.2) is 5.70 Å². The largest absolute Gasteiger partial charge is 0.492 e. The number of aromatic nitrogens is 2. The van der Waals surface area contributed by atoms with Crippen molar-refractivity contribution in [1.29, 1.82) is 0 Å². The molecule has 4 atom stereocenters. The van der Waals surface area contributed by atoms with Crippen LogP contribution in [-0.4, -0.2) is 58.2 Å². The lowest BCUT2D eigenvalue weighted by Crippen LogP contribution is -2.60. The zero-order chi connectivity index (χ0) is 24.1. The van der Waals surface area contributed by atoms with Crippen molar-refractivity contribution in [2.75, 3.05) is 0 Å². The number of carbonyl (C=O) groups excluding carboxylic acids is 2. The minimum absolute atomic E-state index is 0.00736. The molecule has 1 fully saturated rings. The molecule has 3 aliphatic rings. The molecule has 2 aromatic rings. The number of hydrogen-bond acceptors (Lipinski definition) is 10. The molecule has 5 rings (SSSR count). The van der Waals surface area contributed by atoms with E-state index in [9.17, 15) is 29.9 Å². The number of carbonyl (C=O) groups is 2. The Bertz CT molecular complexity index is 1210. The molecule has 0 radical (unpaired) electrons. The first kappa shape index (κ1) is 22.7. The molecule has 13 heteroatoms. The Kier molecular flexibility index (Phi) is 5.78. The second-order valence-corrected chi connectivity index (χ2v) is 10.9. The number of aromatic hydroxyl groups is 1. The van der Waals surface area contributed by atoms with Crippen molar-refractivity contribution in [2.24, 2.45) is 5.92 Å². The zero-order valence-corrected chi connectivity index (χ0v) is 19.5. The van der Waals surface area contributed by atoms with Gasteiger partial charge in [0.25, 0.3) is 5.69 Å². The number of aliphatic hydroxyl groups excluding tert-OH is 1. The van der Waals surface area contributed by atoms with Crippen LogP contribution < -0.4 is 0 Å². The summed E-state index contributed by atoms with van der Waals surface area (Å²) in [5, 5.41) is 30.4. The van der Waals surface area contributed by atoms with Gasteiger partial charge in [0.05, 0.1) is 33.2 Å². The first-order valence-electron chi connectivity index (χ1n) is 10.5. The Morgan fingerprint density at radius 2 is 2.15 bits per heavy atom. The van der Waals surface area contributed by atoms with E-state index >= 15 is 0 Å². The fourth-order valence-electron chi connectivity index (χ4n) is 4.25. The second kappa shape index (κ2) is 8.64. The Balaban J connectivity index is 1.33. The van der Waals surface area contributed by atoms with Gasteiger partial charge >= 0.3 is 5.97 Å². The summed E-state index contributed by atoms with van der Waals surface area (Å²) in [6.07, 6.45) is 1.28. The van der Waals surface area contributed by atoms with Gasteiger partial charge in [-0.1, -0.05) is 11.8 Å². The highest BCUT2D eigenvalue weighted by Crippen LogP contribution is 2.55. The molecule has 3 aliphatic heterocycles. The number of nitro benzene ring substituents is 1. The van der Waals surface area contributed by atoms with Gasteiger partial charge in [0, 0.05) is 30.3 Å². The van der Waals surface area contributed by atoms with Crippen LogP contribution in [0.25, 0.3) is 0 Å². The number of benzene rings is 1. The van der Waals surface area contributed by atoms with Crippen molar-refractivity contribution in [3.05, 3.63) is 61.9 Å². The van der Waals surface area contributed by atoms with Crippen molar-refractivity contribution in [1.82, 2.24) is 14.5 Å². The van der Waals surface area contributed by atoms with Gasteiger partial charge < -0.3 is 19.5 Å². The number of aliphatic hydroxyl groups is 1. The second-order valence-electron chi connectivity index (χ2n) is 8.23. The van der Waals surface area contributed by atoms with Gasteiger partial charge in [-0.05, 0) is 24.6 Å². The third-order valence-corrected chi connectivity index (χ3v) is 8.78. The highest BCUT2D eigenvalue weighted by molar-refractivity contribution is 8.23. The smallest absolute Gasteiger partial charge is 0.357 e. The highest BCUT2D eigenvalue weighted by Gasteiger charge is 2.58. The van der Waals surface area contributed by atoms with E-state index in [1.54, 1.807) is 13.3 Å². The molecule has 1 saturated heterocycles. The Morgan fingerprint density at radius 3 is 2.79 bits per heavy atom. The minimum atomic E-state index is -0.849. The molecular weight excluding hydrogens is 484 g/mol. The van der Waals surface area contributed by atoms with Crippen molar-refractivity contribution in [3.8, 4) is 5.88 Å². The summed E-state index contributed by atoms with van der Waals surface area (Å²) in [6, 6.07) is 5.68. The van der Waals surface area contributed by atoms with E-state index in [1.165, 1.54) is 52.7 Å². The van der Waals surface area contributed by atoms with E-state index in [-0.39, 0.29) is 40.4 Å². The number of thioether (sulfide) groups is 2. The van der Waals surface area contributed by atoms with Gasteiger partial charge in [-0.2, -0.15) is 0 Å². The molecule has 1 amide bonds. The van der Waals surface area contributed by atoms with E-state index in [2.05, 4.69) is 4.98 Å². The number of non-ortho nitro benzene ring substituents is 1. The van der Waals surface area contributed by atoms with Crippen molar-refractivity contribution in [2.45, 2.75) is 43.2 Å². The van der Waals surface area contributed by atoms with Gasteiger partial charge in [-0.25, -0.2) is 9.78 Å². The molecule has 2 N–H and O–H groups in total. The van der Waals surface area contributed by atoms with Crippen molar-refractivity contribution in [3.63, 3.8) is 0 Å². The van der Waals surface area contributed by atoms with E-state index in [0.29, 0.717) is 22.8 Å². The topological polar surface area (TPSA) is 148 Å². The molecule has 0 aliphatic carbocycles. The third kappa shape index (κ3) is 3.83. The fourth-order valence-corrected chi connectivity index (χ4v) is 7.56. The number of rotatable bonds is 7. The fraction of sp³-hybridized carbons (Fsp3) is 0.381. The SMILES string of the molecule is CC(O)[C@H]1C(=O)N2C(C(=O)OCc3ccc([N+](=O)[O-])cc3)=C(SC3Cc4c(O)ncn4C3)S[C@H]12. The van der Waals surface area contributed by atoms with Gasteiger partial charge in [-0.3, -0.25) is 19.8 Å². The normalized spacial score (nSPS) is 24.0. The highest BCUT2D eigenvalue weighted by atomic mass is 32.2. The van der Waals surface area contributed by atoms with Crippen molar-refractivity contribution >= 4 is 41.1 Å². The summed E-state index contributed by atoms with van der Waals surface area (Å²) < 4.78 is 7.96. The Labute approximate surface area is 201 Å². The predicted octanol–water partition coefficient (Wildman–Crippen LogP) is 1.98. The summed E-state index contributed by atoms with van der Waals surface area (Å²) in [6.45, 7) is 2.04. The lowest BCUT2D eigenvalue weighted by molar-refractivity contribution is -0.384. The average Bonchev–Trinajstić information content (AvgIpc) is 3.45. The number of fused-ring (bicyclic) bond motifs is 2. The lowest BCUT2D eigenvalue weighted by Gasteiger charge is -2.43. The molecule has 34 heavy (non-hydrogen) atoms. The van der Waals surface area contributed by atoms with Crippen LogP contribution in [0.5, 0.6) is 5.88 Å². The summed E-state index contributed by atoms with van der Waals surface area (Å²) >= 11 is 2.80. The van der Waals surface area contributed by atoms with Crippen LogP contribution in [0.15, 0.2) is 40.5 Å². The Hall–Kier alpha value is -3.03. The van der Waals surface area contributed by atoms with E-state index < -0.39 is 22.9 Å². The number of imidazole rings is 1. The average molecular weight is 505 g/mol. The van der Waals surface area contributed by atoms with Gasteiger partial charge in [0.2, 0.25) is 11.8 Å². The first-order valence-corrected chi connectivity index (χ1v) is 12.2. The van der Waals surface area contributed by atoms with Crippen molar-refractivity contribution < 1.29 is 29.5 Å². The van der Waals surface area contributed by atoms with E-state index in [4.69, 9.17) is 4.74 Å². The molecule has 0 spiro atoms. The molecular formula is C21H20N4O7S2. The van der Waals surface area contributed by atoms with Crippen LogP contribution in [0.3, 0.4) is 0 Å². The number of nitrogens with zero attached hydrogens (tertiary/aromatic N) is 4. The minimum Gasteiger partial charge on any atom is -0.492 e. The van der Waals surface area contributed by atoms with Crippen LogP contribution in [0, 0.1) is 16.0 Å². The predicted molar refractivity (Wildman–Crippen MR) is 122 cm³/mol. The number of β-lactam (4-membered cyclic amide) rings is 1. The molecule has 1 aromatic heterocycles. The number of esters is 1. The van der Waals surface area contributed by atoms with Crippen LogP contribution in [-0.2, 0) is 33.9 Å².